The Hall–Kier alpha value is -6.12. The van der Waals surface area contributed by atoms with E-state index in [4.69, 9.17) is 0 Å². The molecule has 10 rings (SSSR count). The zero-order chi connectivity index (χ0) is 40.1. The van der Waals surface area contributed by atoms with Crippen molar-refractivity contribution in [3.8, 4) is 11.1 Å². The SMILES string of the molecule is Cc1ccc(N(C2=CC3C(C)(C)c4cc5c(cc4C3(C)c3ccccc32)C(C)(C)c2ccccc2-5)c2ccc(N(c3ccc(C)cc3)c3ccc(C)cc3)cc2)cc1. The largest absolute Gasteiger partial charge is 0.311 e. The summed E-state index contributed by atoms with van der Waals surface area (Å²) < 4.78 is 0. The first-order valence-corrected chi connectivity index (χ1v) is 20.9. The Morgan fingerprint density at radius 2 is 0.810 bits per heavy atom. The lowest BCUT2D eigenvalue weighted by atomic mass is 9.61. The molecule has 2 atom stereocenters. The molecule has 0 aliphatic heterocycles. The Labute approximate surface area is 345 Å². The van der Waals surface area contributed by atoms with E-state index in [1.165, 1.54) is 66.9 Å². The number of fused-ring (bicyclic) bond motifs is 8. The van der Waals surface area contributed by atoms with Crippen LogP contribution in [0, 0.1) is 26.7 Å². The summed E-state index contributed by atoms with van der Waals surface area (Å²) >= 11 is 0. The minimum atomic E-state index is -0.204. The molecule has 0 spiro atoms. The van der Waals surface area contributed by atoms with Crippen LogP contribution in [0.25, 0.3) is 16.8 Å². The molecular weight excluding hydrogens is 701 g/mol. The normalized spacial score (nSPS) is 19.0. The molecule has 0 radical (unpaired) electrons. The van der Waals surface area contributed by atoms with Crippen LogP contribution in [0.3, 0.4) is 0 Å². The van der Waals surface area contributed by atoms with Crippen molar-refractivity contribution in [1.82, 2.24) is 0 Å². The van der Waals surface area contributed by atoms with E-state index < -0.39 is 0 Å². The van der Waals surface area contributed by atoms with Crippen molar-refractivity contribution in [3.05, 3.63) is 214 Å². The molecule has 0 fully saturated rings. The van der Waals surface area contributed by atoms with Crippen molar-refractivity contribution in [3.63, 3.8) is 0 Å². The highest BCUT2D eigenvalue weighted by molar-refractivity contribution is 5.93. The van der Waals surface area contributed by atoms with Crippen molar-refractivity contribution >= 4 is 34.1 Å². The van der Waals surface area contributed by atoms with Gasteiger partial charge in [-0.05, 0) is 132 Å². The first-order valence-electron chi connectivity index (χ1n) is 20.9. The number of anilines is 5. The predicted octanol–water partition coefficient (Wildman–Crippen LogP) is 14.8. The van der Waals surface area contributed by atoms with Gasteiger partial charge in [-0.2, -0.15) is 0 Å². The first-order chi connectivity index (χ1) is 27.9. The van der Waals surface area contributed by atoms with Crippen LogP contribution >= 0.6 is 0 Å². The van der Waals surface area contributed by atoms with E-state index in [0.717, 1.165) is 28.4 Å². The minimum Gasteiger partial charge on any atom is -0.311 e. The van der Waals surface area contributed by atoms with Crippen LogP contribution in [-0.2, 0) is 16.2 Å². The van der Waals surface area contributed by atoms with Gasteiger partial charge in [-0.1, -0.05) is 148 Å². The molecule has 0 saturated carbocycles. The van der Waals surface area contributed by atoms with Crippen molar-refractivity contribution in [1.29, 1.82) is 0 Å². The zero-order valence-electron chi connectivity index (χ0n) is 35.1. The van der Waals surface area contributed by atoms with Crippen LogP contribution in [0.2, 0.25) is 0 Å². The molecule has 3 aliphatic rings. The average molecular weight is 753 g/mol. The van der Waals surface area contributed by atoms with Crippen LogP contribution in [0.15, 0.2) is 164 Å². The van der Waals surface area contributed by atoms with Crippen LogP contribution in [0.4, 0.5) is 28.4 Å². The minimum absolute atomic E-state index is 0.0579. The Kier molecular flexibility index (Phi) is 8.09. The second-order valence-corrected chi connectivity index (χ2v) is 18.3. The number of allylic oxidation sites excluding steroid dienone is 1. The Bertz CT molecular complexity index is 2700. The molecule has 286 valence electrons. The molecule has 0 bridgehead atoms. The van der Waals surface area contributed by atoms with Crippen LogP contribution in [0.1, 0.15) is 84.7 Å². The van der Waals surface area contributed by atoms with Gasteiger partial charge in [0.05, 0.1) is 5.70 Å². The van der Waals surface area contributed by atoms with Gasteiger partial charge < -0.3 is 9.80 Å². The monoisotopic (exact) mass is 752 g/mol. The third kappa shape index (κ3) is 5.31. The van der Waals surface area contributed by atoms with Crippen molar-refractivity contribution in [2.24, 2.45) is 5.92 Å². The maximum absolute atomic E-state index is 2.63. The van der Waals surface area contributed by atoms with E-state index in [9.17, 15) is 0 Å². The molecular formula is C56H52N2. The molecule has 2 unspecified atom stereocenters. The molecule has 7 aromatic rings. The van der Waals surface area contributed by atoms with Gasteiger partial charge in [0.15, 0.2) is 0 Å². The maximum Gasteiger partial charge on any atom is 0.0500 e. The summed E-state index contributed by atoms with van der Waals surface area (Å²) in [5, 5.41) is 0. The summed E-state index contributed by atoms with van der Waals surface area (Å²) in [7, 11) is 0. The predicted molar refractivity (Wildman–Crippen MR) is 245 cm³/mol. The second-order valence-electron chi connectivity index (χ2n) is 18.3. The molecule has 2 nitrogen and oxygen atoms in total. The van der Waals surface area contributed by atoms with Gasteiger partial charge in [0, 0.05) is 50.7 Å². The fraction of sp³-hybridized carbons (Fsp3) is 0.214. The molecule has 58 heavy (non-hydrogen) atoms. The number of nitrogens with zero attached hydrogens (tertiary/aromatic N) is 2. The van der Waals surface area contributed by atoms with E-state index in [1.54, 1.807) is 0 Å². The molecule has 0 N–H and O–H groups in total. The topological polar surface area (TPSA) is 6.48 Å². The molecule has 0 aromatic heterocycles. The lowest BCUT2D eigenvalue weighted by Crippen LogP contribution is -2.40. The molecule has 3 aliphatic carbocycles. The Morgan fingerprint density at radius 3 is 1.33 bits per heavy atom. The van der Waals surface area contributed by atoms with Gasteiger partial charge in [0.2, 0.25) is 0 Å². The van der Waals surface area contributed by atoms with Gasteiger partial charge in [-0.15, -0.1) is 0 Å². The Morgan fingerprint density at radius 1 is 0.379 bits per heavy atom. The fourth-order valence-corrected chi connectivity index (χ4v) is 10.8. The number of hydrogen-bond acceptors (Lipinski definition) is 2. The van der Waals surface area contributed by atoms with Crippen molar-refractivity contribution in [2.45, 2.75) is 71.6 Å². The van der Waals surface area contributed by atoms with E-state index in [1.807, 2.05) is 0 Å². The maximum atomic E-state index is 2.63. The van der Waals surface area contributed by atoms with Gasteiger partial charge in [-0.25, -0.2) is 0 Å². The van der Waals surface area contributed by atoms with E-state index in [2.05, 4.69) is 229 Å². The lowest BCUT2D eigenvalue weighted by Gasteiger charge is -2.44. The average Bonchev–Trinajstić information content (AvgIpc) is 3.56. The highest BCUT2D eigenvalue weighted by atomic mass is 15.2. The summed E-state index contributed by atoms with van der Waals surface area (Å²) in [5.74, 6) is 0.228. The van der Waals surface area contributed by atoms with Crippen LogP contribution in [-0.4, -0.2) is 0 Å². The number of rotatable bonds is 6. The molecule has 2 heteroatoms. The third-order valence-corrected chi connectivity index (χ3v) is 13.9. The molecule has 0 saturated heterocycles. The van der Waals surface area contributed by atoms with Gasteiger partial charge in [0.25, 0.3) is 0 Å². The summed E-state index contributed by atoms with van der Waals surface area (Å²) in [6.45, 7) is 18.8. The summed E-state index contributed by atoms with van der Waals surface area (Å²) in [6.07, 6.45) is 2.63. The van der Waals surface area contributed by atoms with Crippen LogP contribution < -0.4 is 9.80 Å². The number of benzene rings is 7. The highest BCUT2D eigenvalue weighted by Gasteiger charge is 2.57. The Balaban J connectivity index is 1.14. The number of hydrogen-bond donors (Lipinski definition) is 0. The van der Waals surface area contributed by atoms with Gasteiger partial charge >= 0.3 is 0 Å². The third-order valence-electron chi connectivity index (χ3n) is 13.9. The zero-order valence-corrected chi connectivity index (χ0v) is 35.1. The van der Waals surface area contributed by atoms with E-state index in [0.29, 0.717) is 0 Å². The molecule has 0 amide bonds. The highest BCUT2D eigenvalue weighted by Crippen LogP contribution is 2.64. The lowest BCUT2D eigenvalue weighted by molar-refractivity contribution is 0.315. The quantitative estimate of drug-likeness (QED) is 0.167. The first kappa shape index (κ1) is 36.2. The molecule has 0 heterocycles. The van der Waals surface area contributed by atoms with Crippen molar-refractivity contribution < 1.29 is 0 Å². The second kappa shape index (κ2) is 12.9. The van der Waals surface area contributed by atoms with Crippen LogP contribution in [0.5, 0.6) is 0 Å². The van der Waals surface area contributed by atoms with E-state index >= 15 is 0 Å². The van der Waals surface area contributed by atoms with Gasteiger partial charge in [0.1, 0.15) is 0 Å². The standard InChI is InChI=1S/C56H52N2/c1-36-17-23-39(24-18-36)57(40-25-19-37(2)20-26-40)41-29-31-43(32-30-41)58(42-27-21-38(3)22-28-42)52-35-53-55(6,7)50-33-46-44-13-9-11-15-47(44)54(4,5)49(46)34-51(50)56(53,8)48-16-12-10-14-45(48)52/h9-35,53H,1-8H3. The number of aryl methyl sites for hydroxylation is 3. The fourth-order valence-electron chi connectivity index (χ4n) is 10.8. The smallest absolute Gasteiger partial charge is 0.0500 e. The van der Waals surface area contributed by atoms with E-state index in [-0.39, 0.29) is 22.2 Å². The summed E-state index contributed by atoms with van der Waals surface area (Å²) in [5.41, 5.74) is 21.6. The summed E-state index contributed by atoms with van der Waals surface area (Å²) in [6, 6.07) is 59.3. The van der Waals surface area contributed by atoms with Crippen molar-refractivity contribution in [2.75, 3.05) is 9.80 Å². The summed E-state index contributed by atoms with van der Waals surface area (Å²) in [4.78, 5) is 4.86. The van der Waals surface area contributed by atoms with Gasteiger partial charge in [-0.3, -0.25) is 0 Å². The molecule has 7 aromatic carbocycles.